The highest BCUT2D eigenvalue weighted by Gasteiger charge is 2.22. The SMILES string of the molecule is N#Cc1ccc(Nc2cnnc(N[C@@H]3CCCC[C@@H]3N)n2)cc1. The van der Waals surface area contributed by atoms with Crippen LogP contribution in [-0.2, 0) is 0 Å². The van der Waals surface area contributed by atoms with Crippen LogP contribution in [0.3, 0.4) is 0 Å². The van der Waals surface area contributed by atoms with Gasteiger partial charge in [-0.15, -0.1) is 5.10 Å². The summed E-state index contributed by atoms with van der Waals surface area (Å²) in [4.78, 5) is 4.42. The van der Waals surface area contributed by atoms with Crippen LogP contribution in [0.5, 0.6) is 0 Å². The van der Waals surface area contributed by atoms with E-state index in [0.29, 0.717) is 17.3 Å². The zero-order chi connectivity index (χ0) is 16.1. The van der Waals surface area contributed by atoms with E-state index in [1.165, 1.54) is 12.8 Å². The van der Waals surface area contributed by atoms with Gasteiger partial charge in [0.2, 0.25) is 5.95 Å². The Morgan fingerprint density at radius 3 is 2.70 bits per heavy atom. The molecular weight excluding hydrogens is 290 g/mol. The second-order valence-electron chi connectivity index (χ2n) is 5.68. The first-order valence-electron chi connectivity index (χ1n) is 7.73. The Hall–Kier alpha value is -2.72. The molecule has 0 aliphatic heterocycles. The highest BCUT2D eigenvalue weighted by Crippen LogP contribution is 2.20. The van der Waals surface area contributed by atoms with Crippen LogP contribution in [0, 0.1) is 11.3 Å². The van der Waals surface area contributed by atoms with Crippen LogP contribution in [0.2, 0.25) is 0 Å². The largest absolute Gasteiger partial charge is 0.349 e. The number of nitrogens with one attached hydrogen (secondary N) is 2. The van der Waals surface area contributed by atoms with Crippen molar-refractivity contribution in [3.63, 3.8) is 0 Å². The maximum Gasteiger partial charge on any atom is 0.244 e. The van der Waals surface area contributed by atoms with Crippen LogP contribution in [0.15, 0.2) is 30.5 Å². The second-order valence-corrected chi connectivity index (χ2v) is 5.68. The first-order valence-corrected chi connectivity index (χ1v) is 7.73. The van der Waals surface area contributed by atoms with Crippen molar-refractivity contribution in [2.45, 2.75) is 37.8 Å². The van der Waals surface area contributed by atoms with Gasteiger partial charge in [0, 0.05) is 17.8 Å². The van der Waals surface area contributed by atoms with Crippen LogP contribution < -0.4 is 16.4 Å². The molecule has 1 saturated carbocycles. The Bertz CT molecular complexity index is 692. The molecule has 0 unspecified atom stereocenters. The molecule has 1 aromatic heterocycles. The van der Waals surface area contributed by atoms with Gasteiger partial charge in [-0.1, -0.05) is 12.8 Å². The van der Waals surface area contributed by atoms with Crippen molar-refractivity contribution in [3.05, 3.63) is 36.0 Å². The van der Waals surface area contributed by atoms with Gasteiger partial charge in [0.05, 0.1) is 17.8 Å². The standard InChI is InChI=1S/C16H19N7/c17-9-11-5-7-12(8-6-11)20-15-10-19-23-16(22-15)21-14-4-2-1-3-13(14)18/h5-8,10,13-14H,1-4,18H2,(H2,20,21,22,23)/t13-,14+/m0/s1. The minimum Gasteiger partial charge on any atom is -0.349 e. The van der Waals surface area contributed by atoms with E-state index in [-0.39, 0.29) is 12.1 Å². The number of anilines is 3. The third-order valence-corrected chi connectivity index (χ3v) is 3.98. The van der Waals surface area contributed by atoms with E-state index < -0.39 is 0 Å². The molecule has 7 nitrogen and oxygen atoms in total. The fraction of sp³-hybridized carbons (Fsp3) is 0.375. The lowest BCUT2D eigenvalue weighted by Gasteiger charge is -2.29. The molecule has 2 atom stereocenters. The summed E-state index contributed by atoms with van der Waals surface area (Å²) in [6.45, 7) is 0. The van der Waals surface area contributed by atoms with Crippen molar-refractivity contribution in [1.29, 1.82) is 5.26 Å². The number of nitrogens with two attached hydrogens (primary N) is 1. The first kappa shape index (κ1) is 15.2. The van der Waals surface area contributed by atoms with E-state index in [1.54, 1.807) is 18.3 Å². The van der Waals surface area contributed by atoms with Gasteiger partial charge in [0.1, 0.15) is 0 Å². The third-order valence-electron chi connectivity index (χ3n) is 3.98. The number of hydrogen-bond donors (Lipinski definition) is 3. The van der Waals surface area contributed by atoms with E-state index in [9.17, 15) is 0 Å². The lowest BCUT2D eigenvalue weighted by molar-refractivity contribution is 0.402. The molecule has 23 heavy (non-hydrogen) atoms. The van der Waals surface area contributed by atoms with Crippen molar-refractivity contribution < 1.29 is 0 Å². The first-order chi connectivity index (χ1) is 11.2. The summed E-state index contributed by atoms with van der Waals surface area (Å²) in [6, 6.07) is 9.55. The van der Waals surface area contributed by atoms with Crippen LogP contribution in [0.4, 0.5) is 17.5 Å². The fourth-order valence-electron chi connectivity index (χ4n) is 2.71. The van der Waals surface area contributed by atoms with Gasteiger partial charge in [-0.3, -0.25) is 0 Å². The average molecular weight is 309 g/mol. The Morgan fingerprint density at radius 1 is 1.17 bits per heavy atom. The summed E-state index contributed by atoms with van der Waals surface area (Å²) in [7, 11) is 0. The Morgan fingerprint density at radius 2 is 1.96 bits per heavy atom. The van der Waals surface area contributed by atoms with Gasteiger partial charge in [-0.05, 0) is 37.1 Å². The molecule has 1 heterocycles. The van der Waals surface area contributed by atoms with Gasteiger partial charge in [0.25, 0.3) is 0 Å². The monoisotopic (exact) mass is 309 g/mol. The number of benzene rings is 1. The van der Waals surface area contributed by atoms with Gasteiger partial charge in [-0.25, -0.2) is 0 Å². The summed E-state index contributed by atoms with van der Waals surface area (Å²) in [5.41, 5.74) is 7.59. The Labute approximate surface area is 134 Å². The average Bonchev–Trinajstić information content (AvgIpc) is 2.58. The zero-order valence-electron chi connectivity index (χ0n) is 12.7. The molecule has 1 fully saturated rings. The number of nitrogens with zero attached hydrogens (tertiary/aromatic N) is 4. The van der Waals surface area contributed by atoms with Crippen LogP contribution >= 0.6 is 0 Å². The summed E-state index contributed by atoms with van der Waals surface area (Å²) in [5.74, 6) is 1.07. The van der Waals surface area contributed by atoms with Crippen molar-refractivity contribution in [1.82, 2.24) is 15.2 Å². The molecule has 1 aliphatic rings. The number of aromatic nitrogens is 3. The lowest BCUT2D eigenvalue weighted by Crippen LogP contribution is -2.43. The molecule has 1 aromatic carbocycles. The number of hydrogen-bond acceptors (Lipinski definition) is 7. The smallest absolute Gasteiger partial charge is 0.244 e. The Balaban J connectivity index is 1.68. The summed E-state index contributed by atoms with van der Waals surface area (Å²) < 4.78 is 0. The van der Waals surface area contributed by atoms with Crippen molar-refractivity contribution in [2.24, 2.45) is 5.73 Å². The minimum absolute atomic E-state index is 0.127. The quantitative estimate of drug-likeness (QED) is 0.793. The summed E-state index contributed by atoms with van der Waals surface area (Å²) in [5, 5.41) is 23.2. The number of rotatable bonds is 4. The maximum absolute atomic E-state index is 8.81. The van der Waals surface area contributed by atoms with Gasteiger partial charge in [-0.2, -0.15) is 15.3 Å². The summed E-state index contributed by atoms with van der Waals surface area (Å²) >= 11 is 0. The van der Waals surface area contributed by atoms with E-state index >= 15 is 0 Å². The molecule has 4 N–H and O–H groups in total. The van der Waals surface area contributed by atoms with Crippen LogP contribution in [0.1, 0.15) is 31.2 Å². The van der Waals surface area contributed by atoms with Crippen molar-refractivity contribution >= 4 is 17.5 Å². The van der Waals surface area contributed by atoms with Gasteiger partial charge in [0.15, 0.2) is 5.82 Å². The molecular formula is C16H19N7. The molecule has 7 heteroatoms. The Kier molecular flexibility index (Phi) is 4.64. The molecule has 3 rings (SSSR count). The fourth-order valence-corrected chi connectivity index (χ4v) is 2.71. The molecule has 1 aliphatic carbocycles. The predicted octanol–water partition coefficient (Wildman–Crippen LogP) is 2.17. The number of nitriles is 1. The molecule has 0 amide bonds. The molecule has 0 saturated heterocycles. The van der Waals surface area contributed by atoms with Gasteiger partial charge < -0.3 is 16.4 Å². The van der Waals surface area contributed by atoms with E-state index in [0.717, 1.165) is 18.5 Å². The maximum atomic E-state index is 8.81. The molecule has 118 valence electrons. The highest BCUT2D eigenvalue weighted by molar-refractivity contribution is 5.57. The summed E-state index contributed by atoms with van der Waals surface area (Å²) in [6.07, 6.45) is 5.96. The van der Waals surface area contributed by atoms with Crippen LogP contribution in [0.25, 0.3) is 0 Å². The lowest BCUT2D eigenvalue weighted by atomic mass is 9.91. The predicted molar refractivity (Wildman–Crippen MR) is 88.1 cm³/mol. The highest BCUT2D eigenvalue weighted by atomic mass is 15.3. The van der Waals surface area contributed by atoms with E-state index in [2.05, 4.69) is 31.9 Å². The third kappa shape index (κ3) is 3.93. The van der Waals surface area contributed by atoms with Crippen LogP contribution in [-0.4, -0.2) is 27.3 Å². The topological polar surface area (TPSA) is 113 Å². The molecule has 2 aromatic rings. The van der Waals surface area contributed by atoms with Gasteiger partial charge >= 0.3 is 0 Å². The molecule has 0 spiro atoms. The van der Waals surface area contributed by atoms with E-state index in [4.69, 9.17) is 11.0 Å². The van der Waals surface area contributed by atoms with Crippen molar-refractivity contribution in [2.75, 3.05) is 10.6 Å². The normalized spacial score (nSPS) is 20.5. The zero-order valence-corrected chi connectivity index (χ0v) is 12.7. The minimum atomic E-state index is 0.127. The molecule has 0 radical (unpaired) electrons. The molecule has 0 bridgehead atoms. The van der Waals surface area contributed by atoms with Crippen molar-refractivity contribution in [3.8, 4) is 6.07 Å². The van der Waals surface area contributed by atoms with E-state index in [1.807, 2.05) is 12.1 Å². The second kappa shape index (κ2) is 7.03.